The molecule has 2 aromatic rings. The number of aromatic nitrogens is 2. The van der Waals surface area contributed by atoms with Gasteiger partial charge in [-0.2, -0.15) is 5.10 Å². The van der Waals surface area contributed by atoms with E-state index in [1.807, 2.05) is 31.2 Å². The van der Waals surface area contributed by atoms with Crippen molar-refractivity contribution in [3.63, 3.8) is 0 Å². The number of rotatable bonds is 2. The van der Waals surface area contributed by atoms with Crippen LogP contribution in [0.25, 0.3) is 5.69 Å². The van der Waals surface area contributed by atoms with Crippen LogP contribution in [0.2, 0.25) is 0 Å². The molecule has 0 spiro atoms. The number of hydrogen-bond acceptors (Lipinski definition) is 4. The van der Waals surface area contributed by atoms with Gasteiger partial charge in [-0.05, 0) is 30.7 Å². The Morgan fingerprint density at radius 1 is 1.40 bits per heavy atom. The van der Waals surface area contributed by atoms with Crippen LogP contribution in [-0.4, -0.2) is 9.78 Å². The summed E-state index contributed by atoms with van der Waals surface area (Å²) in [7, 11) is 0. The molecule has 15 heavy (non-hydrogen) atoms. The summed E-state index contributed by atoms with van der Waals surface area (Å²) in [5, 5.41) is 13.1. The number of hydrogen-bond donors (Lipinski definition) is 2. The fraction of sp³-hybridized carbons (Fsp3) is 0.200. The fourth-order valence-corrected chi connectivity index (χ4v) is 1.99. The highest BCUT2D eigenvalue weighted by Crippen LogP contribution is 2.10. The van der Waals surface area contributed by atoms with E-state index in [2.05, 4.69) is 5.10 Å². The second-order valence-electron chi connectivity index (χ2n) is 3.16. The van der Waals surface area contributed by atoms with Crippen LogP contribution >= 0.6 is 11.3 Å². The first-order valence-corrected chi connectivity index (χ1v) is 5.52. The second kappa shape index (κ2) is 3.86. The van der Waals surface area contributed by atoms with Crippen molar-refractivity contribution in [1.82, 2.24) is 9.78 Å². The molecule has 0 saturated carbocycles. The molecule has 0 radical (unpaired) electrons. The molecule has 3 N–H and O–H groups in total. The minimum absolute atomic E-state index is 0.441. The van der Waals surface area contributed by atoms with Crippen LogP contribution in [0.5, 0.6) is 0 Å². The summed E-state index contributed by atoms with van der Waals surface area (Å²) in [6, 6.07) is 7.36. The SMILES string of the molecule is CCc1nn(-c2ccc(N)cc2)c(=N)s1. The molecule has 1 heterocycles. The number of nitrogens with one attached hydrogen (secondary N) is 1. The molecule has 1 aromatic heterocycles. The maximum absolute atomic E-state index is 7.77. The van der Waals surface area contributed by atoms with E-state index in [-0.39, 0.29) is 0 Å². The van der Waals surface area contributed by atoms with Crippen LogP contribution in [0.1, 0.15) is 11.9 Å². The molecule has 2 rings (SSSR count). The van der Waals surface area contributed by atoms with Gasteiger partial charge < -0.3 is 5.73 Å². The van der Waals surface area contributed by atoms with E-state index in [9.17, 15) is 0 Å². The molecule has 0 unspecified atom stereocenters. The summed E-state index contributed by atoms with van der Waals surface area (Å²) in [6.07, 6.45) is 0.860. The summed E-state index contributed by atoms with van der Waals surface area (Å²) in [4.78, 5) is 0.441. The van der Waals surface area contributed by atoms with Gasteiger partial charge in [-0.3, -0.25) is 5.41 Å². The van der Waals surface area contributed by atoms with Crippen LogP contribution in [0, 0.1) is 5.41 Å². The Morgan fingerprint density at radius 3 is 2.60 bits per heavy atom. The number of nitrogen functional groups attached to an aromatic ring is 1. The first kappa shape index (κ1) is 9.92. The van der Waals surface area contributed by atoms with Crippen molar-refractivity contribution in [2.45, 2.75) is 13.3 Å². The molecular formula is C10H12N4S. The summed E-state index contributed by atoms with van der Waals surface area (Å²) < 4.78 is 1.63. The minimum Gasteiger partial charge on any atom is -0.399 e. The average Bonchev–Trinajstić information content (AvgIpc) is 2.61. The second-order valence-corrected chi connectivity index (χ2v) is 4.22. The third kappa shape index (κ3) is 1.92. The molecule has 78 valence electrons. The Kier molecular flexibility index (Phi) is 2.55. The van der Waals surface area contributed by atoms with Crippen LogP contribution in [0.15, 0.2) is 24.3 Å². The van der Waals surface area contributed by atoms with Crippen molar-refractivity contribution in [3.8, 4) is 5.69 Å². The topological polar surface area (TPSA) is 67.7 Å². The lowest BCUT2D eigenvalue weighted by Crippen LogP contribution is -2.12. The van der Waals surface area contributed by atoms with Crippen LogP contribution < -0.4 is 10.5 Å². The van der Waals surface area contributed by atoms with Crippen molar-refractivity contribution in [1.29, 1.82) is 5.41 Å². The summed E-state index contributed by atoms with van der Waals surface area (Å²) in [6.45, 7) is 2.03. The van der Waals surface area contributed by atoms with Crippen LogP contribution in [0.3, 0.4) is 0 Å². The van der Waals surface area contributed by atoms with Gasteiger partial charge in [0.2, 0.25) is 4.80 Å². The van der Waals surface area contributed by atoms with Gasteiger partial charge in [0.25, 0.3) is 0 Å². The Morgan fingerprint density at radius 2 is 2.07 bits per heavy atom. The van der Waals surface area contributed by atoms with Crippen molar-refractivity contribution in [3.05, 3.63) is 34.1 Å². The van der Waals surface area contributed by atoms with Gasteiger partial charge in [-0.1, -0.05) is 18.3 Å². The van der Waals surface area contributed by atoms with Crippen molar-refractivity contribution >= 4 is 17.0 Å². The molecule has 0 atom stereocenters. The Hall–Kier alpha value is -1.62. The summed E-state index contributed by atoms with van der Waals surface area (Å²) in [5.74, 6) is 0. The molecule has 1 aromatic carbocycles. The highest BCUT2D eigenvalue weighted by atomic mass is 32.1. The van der Waals surface area contributed by atoms with Gasteiger partial charge in [0.1, 0.15) is 5.01 Å². The zero-order chi connectivity index (χ0) is 10.8. The number of aryl methyl sites for hydroxylation is 1. The Labute approximate surface area is 91.5 Å². The molecule has 0 fully saturated rings. The molecular weight excluding hydrogens is 208 g/mol. The number of nitrogens with zero attached hydrogens (tertiary/aromatic N) is 2. The molecule has 0 saturated heterocycles. The van der Waals surface area contributed by atoms with Crippen molar-refractivity contribution in [2.24, 2.45) is 0 Å². The van der Waals surface area contributed by atoms with Gasteiger partial charge in [-0.15, -0.1) is 0 Å². The van der Waals surface area contributed by atoms with Crippen LogP contribution in [-0.2, 0) is 6.42 Å². The molecule has 4 nitrogen and oxygen atoms in total. The van der Waals surface area contributed by atoms with E-state index >= 15 is 0 Å². The molecule has 0 aliphatic rings. The van der Waals surface area contributed by atoms with E-state index in [1.165, 1.54) is 11.3 Å². The number of anilines is 1. The summed E-state index contributed by atoms with van der Waals surface area (Å²) in [5.41, 5.74) is 7.20. The summed E-state index contributed by atoms with van der Waals surface area (Å²) >= 11 is 1.40. The van der Waals surface area contributed by atoms with E-state index < -0.39 is 0 Å². The zero-order valence-electron chi connectivity index (χ0n) is 8.40. The van der Waals surface area contributed by atoms with Crippen molar-refractivity contribution in [2.75, 3.05) is 5.73 Å². The van der Waals surface area contributed by atoms with Crippen LogP contribution in [0.4, 0.5) is 5.69 Å². The zero-order valence-corrected chi connectivity index (χ0v) is 9.21. The predicted octanol–water partition coefficient (Wildman–Crippen LogP) is 1.56. The molecule has 0 aliphatic heterocycles. The average molecular weight is 220 g/mol. The minimum atomic E-state index is 0.441. The van der Waals surface area contributed by atoms with Crippen molar-refractivity contribution < 1.29 is 0 Å². The fourth-order valence-electron chi connectivity index (χ4n) is 1.27. The van der Waals surface area contributed by atoms with E-state index in [0.717, 1.165) is 22.8 Å². The van der Waals surface area contributed by atoms with E-state index in [1.54, 1.807) is 4.68 Å². The van der Waals surface area contributed by atoms with E-state index in [0.29, 0.717) is 4.80 Å². The monoisotopic (exact) mass is 220 g/mol. The number of benzene rings is 1. The normalized spacial score (nSPS) is 10.5. The first-order valence-electron chi connectivity index (χ1n) is 4.70. The quantitative estimate of drug-likeness (QED) is 0.754. The predicted molar refractivity (Wildman–Crippen MR) is 61.1 cm³/mol. The van der Waals surface area contributed by atoms with Gasteiger partial charge in [0.15, 0.2) is 0 Å². The third-order valence-electron chi connectivity index (χ3n) is 2.06. The Balaban J connectivity index is 2.49. The molecule has 0 amide bonds. The van der Waals surface area contributed by atoms with E-state index in [4.69, 9.17) is 11.1 Å². The Bertz CT molecular complexity index is 509. The highest BCUT2D eigenvalue weighted by Gasteiger charge is 2.03. The molecule has 0 aliphatic carbocycles. The third-order valence-corrected chi connectivity index (χ3v) is 3.03. The maximum atomic E-state index is 7.77. The number of nitrogens with two attached hydrogens (primary N) is 1. The largest absolute Gasteiger partial charge is 0.399 e. The van der Waals surface area contributed by atoms with Gasteiger partial charge in [-0.25, -0.2) is 4.68 Å². The highest BCUT2D eigenvalue weighted by molar-refractivity contribution is 7.08. The smallest absolute Gasteiger partial charge is 0.205 e. The molecule has 0 bridgehead atoms. The molecule has 5 heteroatoms. The van der Waals surface area contributed by atoms with Gasteiger partial charge >= 0.3 is 0 Å². The lowest BCUT2D eigenvalue weighted by molar-refractivity contribution is 0.796. The maximum Gasteiger partial charge on any atom is 0.205 e. The van der Waals surface area contributed by atoms with Gasteiger partial charge in [0.05, 0.1) is 5.69 Å². The standard InChI is InChI=1S/C10H12N4S/c1-2-9-13-14(10(12)15-9)8-5-3-7(11)4-6-8/h3-6,12H,2,11H2,1H3. The van der Waals surface area contributed by atoms with Gasteiger partial charge in [0, 0.05) is 5.69 Å². The lowest BCUT2D eigenvalue weighted by Gasteiger charge is -2.00. The first-order chi connectivity index (χ1) is 7.20. The lowest BCUT2D eigenvalue weighted by atomic mass is 10.3.